The van der Waals surface area contributed by atoms with Crippen LogP contribution < -0.4 is 0 Å². The van der Waals surface area contributed by atoms with E-state index in [0.29, 0.717) is 0 Å². The first-order chi connectivity index (χ1) is 16.4. The molecule has 1 radical (unpaired) electrons. The van der Waals surface area contributed by atoms with Gasteiger partial charge in [0.2, 0.25) is 0 Å². The van der Waals surface area contributed by atoms with Crippen molar-refractivity contribution in [3.05, 3.63) is 124 Å². The Kier molecular flexibility index (Phi) is 3.57. The van der Waals surface area contributed by atoms with Crippen molar-refractivity contribution >= 4 is 64.4 Å². The summed E-state index contributed by atoms with van der Waals surface area (Å²) in [5.41, 5.74) is 4.23. The summed E-state index contributed by atoms with van der Waals surface area (Å²) in [4.78, 5) is 2.84. The molecule has 0 fully saturated rings. The summed E-state index contributed by atoms with van der Waals surface area (Å²) in [6.07, 6.45) is 0. The van der Waals surface area contributed by atoms with E-state index < -0.39 is 0 Å². The summed E-state index contributed by atoms with van der Waals surface area (Å²) < 4.78 is 2.73. The summed E-state index contributed by atoms with van der Waals surface area (Å²) >= 11 is 3.89. The SMILES string of the molecule is c1ccc2c([C]3c4sc5ccccc5c4-c4c3sc3ccccc43)c3ccccc3cc2c1. The van der Waals surface area contributed by atoms with E-state index in [1.54, 1.807) is 0 Å². The Morgan fingerprint density at radius 2 is 0.818 bits per heavy atom. The second kappa shape index (κ2) is 6.54. The van der Waals surface area contributed by atoms with Gasteiger partial charge < -0.3 is 0 Å². The first-order valence-electron chi connectivity index (χ1n) is 11.2. The minimum atomic E-state index is 1.30. The highest BCUT2D eigenvalue weighted by molar-refractivity contribution is 7.23. The van der Waals surface area contributed by atoms with Crippen molar-refractivity contribution in [2.75, 3.05) is 0 Å². The maximum Gasteiger partial charge on any atom is 0.0858 e. The van der Waals surface area contributed by atoms with E-state index in [0.717, 1.165) is 0 Å². The lowest BCUT2D eigenvalue weighted by Crippen LogP contribution is -2.00. The van der Waals surface area contributed by atoms with Gasteiger partial charge in [-0.2, -0.15) is 0 Å². The molecule has 0 unspecified atom stereocenters. The maximum absolute atomic E-state index is 2.33. The van der Waals surface area contributed by atoms with E-state index in [2.05, 4.69) is 103 Å². The van der Waals surface area contributed by atoms with E-state index in [4.69, 9.17) is 0 Å². The number of hydrogen-bond acceptors (Lipinski definition) is 2. The number of thiophene rings is 2. The normalized spacial score (nSPS) is 13.3. The third-order valence-electron chi connectivity index (χ3n) is 6.92. The minimum Gasteiger partial charge on any atom is -0.138 e. The van der Waals surface area contributed by atoms with Gasteiger partial charge in [0.1, 0.15) is 0 Å². The summed E-state index contributed by atoms with van der Waals surface area (Å²) in [6.45, 7) is 0. The fourth-order valence-electron chi connectivity index (χ4n) is 5.55. The molecule has 1 aliphatic rings. The molecule has 0 spiro atoms. The highest BCUT2D eigenvalue weighted by atomic mass is 32.1. The molecule has 0 bridgehead atoms. The van der Waals surface area contributed by atoms with Gasteiger partial charge in [0.15, 0.2) is 0 Å². The van der Waals surface area contributed by atoms with Crippen LogP contribution in [-0.2, 0) is 0 Å². The van der Waals surface area contributed by atoms with Gasteiger partial charge in [0.05, 0.1) is 5.92 Å². The molecule has 2 heteroatoms. The molecule has 2 aromatic heterocycles. The molecule has 0 nitrogen and oxygen atoms in total. The van der Waals surface area contributed by atoms with Gasteiger partial charge in [-0.05, 0) is 45.3 Å². The molecule has 1 aliphatic carbocycles. The van der Waals surface area contributed by atoms with Gasteiger partial charge in [-0.15, -0.1) is 22.7 Å². The molecule has 7 aromatic rings. The van der Waals surface area contributed by atoms with E-state index in [1.807, 2.05) is 22.7 Å². The third-order valence-corrected chi connectivity index (χ3v) is 9.29. The van der Waals surface area contributed by atoms with Gasteiger partial charge >= 0.3 is 0 Å². The molecule has 153 valence electrons. The predicted molar refractivity (Wildman–Crippen MR) is 145 cm³/mol. The van der Waals surface area contributed by atoms with Crippen LogP contribution in [0.1, 0.15) is 15.3 Å². The molecular weight excluding hydrogens is 436 g/mol. The Morgan fingerprint density at radius 1 is 0.394 bits per heavy atom. The van der Waals surface area contributed by atoms with Crippen LogP contribution in [0.3, 0.4) is 0 Å². The molecule has 0 saturated heterocycles. The summed E-state index contributed by atoms with van der Waals surface area (Å²) in [7, 11) is 0. The largest absolute Gasteiger partial charge is 0.138 e. The lowest BCUT2D eigenvalue weighted by Gasteiger charge is -2.17. The second-order valence-electron chi connectivity index (χ2n) is 8.67. The Labute approximate surface area is 199 Å². The highest BCUT2D eigenvalue weighted by Gasteiger charge is 2.38. The topological polar surface area (TPSA) is 0 Å². The quantitative estimate of drug-likeness (QED) is 0.217. The van der Waals surface area contributed by atoms with Crippen LogP contribution in [-0.4, -0.2) is 0 Å². The van der Waals surface area contributed by atoms with Crippen LogP contribution in [0.4, 0.5) is 0 Å². The van der Waals surface area contributed by atoms with E-state index in [1.165, 1.54) is 74.1 Å². The van der Waals surface area contributed by atoms with Crippen molar-refractivity contribution in [2.45, 2.75) is 0 Å². The van der Waals surface area contributed by atoms with Crippen molar-refractivity contribution in [2.24, 2.45) is 0 Å². The Morgan fingerprint density at radius 3 is 1.33 bits per heavy atom. The smallest absolute Gasteiger partial charge is 0.0858 e. The zero-order valence-electron chi connectivity index (χ0n) is 17.6. The van der Waals surface area contributed by atoms with Crippen LogP contribution in [0.15, 0.2) is 103 Å². The van der Waals surface area contributed by atoms with Crippen molar-refractivity contribution < 1.29 is 0 Å². The van der Waals surface area contributed by atoms with Crippen molar-refractivity contribution in [3.8, 4) is 11.1 Å². The molecule has 0 amide bonds. The number of benzene rings is 5. The monoisotopic (exact) mass is 453 g/mol. The average molecular weight is 454 g/mol. The molecular formula is C31H17S2. The first-order valence-corrected chi connectivity index (χ1v) is 12.8. The average Bonchev–Trinajstić information content (AvgIpc) is 3.50. The van der Waals surface area contributed by atoms with Gasteiger partial charge in [-0.1, -0.05) is 84.9 Å². The molecule has 0 saturated carbocycles. The molecule has 0 aliphatic heterocycles. The minimum absolute atomic E-state index is 1.30. The Hall–Kier alpha value is -3.46. The molecule has 33 heavy (non-hydrogen) atoms. The van der Waals surface area contributed by atoms with Gasteiger partial charge in [0, 0.05) is 41.1 Å². The molecule has 0 N–H and O–H groups in total. The van der Waals surface area contributed by atoms with Gasteiger partial charge in [-0.25, -0.2) is 0 Å². The predicted octanol–water partition coefficient (Wildman–Crippen LogP) is 9.42. The van der Waals surface area contributed by atoms with Crippen molar-refractivity contribution in [3.63, 3.8) is 0 Å². The number of rotatable bonds is 1. The Bertz CT molecular complexity index is 1750. The lowest BCUT2D eigenvalue weighted by molar-refractivity contribution is 1.42. The van der Waals surface area contributed by atoms with Crippen molar-refractivity contribution in [1.82, 2.24) is 0 Å². The second-order valence-corrected chi connectivity index (χ2v) is 10.8. The van der Waals surface area contributed by atoms with E-state index in [-0.39, 0.29) is 0 Å². The third kappa shape index (κ3) is 2.35. The summed E-state index contributed by atoms with van der Waals surface area (Å²) in [5, 5.41) is 8.02. The molecule has 8 rings (SSSR count). The van der Waals surface area contributed by atoms with Crippen LogP contribution in [0.2, 0.25) is 0 Å². The maximum atomic E-state index is 2.33. The zero-order chi connectivity index (χ0) is 21.5. The highest BCUT2D eigenvalue weighted by Crippen LogP contribution is 2.60. The van der Waals surface area contributed by atoms with Crippen LogP contribution >= 0.6 is 22.7 Å². The van der Waals surface area contributed by atoms with E-state index >= 15 is 0 Å². The standard InChI is InChI=1S/C31H17S2/c1-3-11-20-18(9-1)17-19-10-2-4-12-21(19)26(20)29-30-27(22-13-5-7-15-24(22)32-30)28-23-14-6-8-16-25(23)33-31(28)29/h1-17H. The molecule has 2 heterocycles. The van der Waals surface area contributed by atoms with Crippen LogP contribution in [0.25, 0.3) is 52.8 Å². The molecule has 5 aromatic carbocycles. The summed E-state index contributed by atoms with van der Waals surface area (Å²) in [6, 6.07) is 37.9. The van der Waals surface area contributed by atoms with E-state index in [9.17, 15) is 0 Å². The molecule has 0 atom stereocenters. The number of hydrogen-bond donors (Lipinski definition) is 0. The van der Waals surface area contributed by atoms with Crippen LogP contribution in [0.5, 0.6) is 0 Å². The van der Waals surface area contributed by atoms with Crippen molar-refractivity contribution in [1.29, 1.82) is 0 Å². The van der Waals surface area contributed by atoms with Gasteiger partial charge in [-0.3, -0.25) is 0 Å². The lowest BCUT2D eigenvalue weighted by atomic mass is 9.88. The fraction of sp³-hybridized carbons (Fsp3) is 0. The number of fused-ring (bicyclic) bond motifs is 9. The van der Waals surface area contributed by atoms with Crippen LogP contribution in [0, 0.1) is 5.92 Å². The fourth-order valence-corrected chi connectivity index (χ4v) is 8.15. The first kappa shape index (κ1) is 18.0. The van der Waals surface area contributed by atoms with Gasteiger partial charge in [0.25, 0.3) is 0 Å². The summed E-state index contributed by atoms with van der Waals surface area (Å²) in [5.74, 6) is 1.41. The Balaban J connectivity index is 1.60. The zero-order valence-corrected chi connectivity index (χ0v) is 19.3.